The monoisotopic (exact) mass is 616 g/mol. The molecule has 0 amide bonds. The van der Waals surface area contributed by atoms with E-state index in [1.165, 1.54) is 64.2 Å². The molecule has 0 aromatic rings. The molecule has 0 saturated carbocycles. The zero-order valence-corrected chi connectivity index (χ0v) is 28.4. The first-order chi connectivity index (χ1) is 20.6. The Morgan fingerprint density at radius 2 is 1.05 bits per heavy atom. The molecule has 0 spiro atoms. The van der Waals surface area contributed by atoms with Crippen molar-refractivity contribution in [3.05, 3.63) is 0 Å². The van der Waals surface area contributed by atoms with E-state index in [1.54, 1.807) is 0 Å². The van der Waals surface area contributed by atoms with Gasteiger partial charge in [0.05, 0.1) is 34.4 Å². The van der Waals surface area contributed by atoms with Crippen LogP contribution in [-0.4, -0.2) is 87.4 Å². The van der Waals surface area contributed by atoms with E-state index < -0.39 is 24.3 Å². The van der Waals surface area contributed by atoms with Crippen molar-refractivity contribution in [2.45, 2.75) is 155 Å². The smallest absolute Gasteiger partial charge is 0.361 e. The van der Waals surface area contributed by atoms with E-state index >= 15 is 0 Å². The molecule has 0 aliphatic heterocycles. The number of quaternary nitrogens is 1. The van der Waals surface area contributed by atoms with Crippen molar-refractivity contribution in [3.63, 3.8) is 0 Å². The molecule has 0 rings (SSSR count). The fraction of sp³-hybridized carbons (Fsp3) is 0.912. The number of nitrogens with zero attached hydrogens (tertiary/aromatic N) is 1. The highest BCUT2D eigenvalue weighted by atomic mass is 16.7. The number of carbonyl (C=O) groups excluding carboxylic acids is 2. The summed E-state index contributed by atoms with van der Waals surface area (Å²) < 4.78 is 22.4. The number of ether oxygens (including phenoxy) is 4. The maximum absolute atomic E-state index is 12.6. The molecule has 0 fully saturated rings. The molecule has 1 N–H and O–H groups in total. The lowest BCUT2D eigenvalue weighted by atomic mass is 10.0. The maximum atomic E-state index is 12.6. The number of rotatable bonds is 31. The van der Waals surface area contributed by atoms with Crippen LogP contribution in [0.25, 0.3) is 0 Å². The lowest BCUT2D eigenvalue weighted by molar-refractivity contribution is -0.870. The zero-order valence-electron chi connectivity index (χ0n) is 28.4. The molecule has 2 unspecified atom stereocenters. The first-order valence-electron chi connectivity index (χ1n) is 17.2. The molecule has 0 aromatic carbocycles. The highest BCUT2D eigenvalue weighted by Gasteiger charge is 2.25. The molecule has 0 aliphatic rings. The summed E-state index contributed by atoms with van der Waals surface area (Å²) in [7, 11) is 5.93. The van der Waals surface area contributed by atoms with Crippen LogP contribution in [0, 0.1) is 0 Å². The predicted octanol–water partition coefficient (Wildman–Crippen LogP) is 7.43. The predicted molar refractivity (Wildman–Crippen MR) is 171 cm³/mol. The number of hydrogen-bond donors (Lipinski definition) is 1. The van der Waals surface area contributed by atoms with Crippen molar-refractivity contribution >= 4 is 17.9 Å². The van der Waals surface area contributed by atoms with Crippen LogP contribution >= 0.6 is 0 Å². The van der Waals surface area contributed by atoms with Crippen LogP contribution in [0.15, 0.2) is 0 Å². The van der Waals surface area contributed by atoms with Crippen LogP contribution in [-0.2, 0) is 33.3 Å². The number of aliphatic carboxylic acids is 1. The highest BCUT2D eigenvalue weighted by molar-refractivity contribution is 5.71. The van der Waals surface area contributed by atoms with Crippen LogP contribution < -0.4 is 0 Å². The minimum absolute atomic E-state index is 0.177. The van der Waals surface area contributed by atoms with Gasteiger partial charge in [0.1, 0.15) is 13.2 Å². The first kappa shape index (κ1) is 41.3. The molecule has 0 radical (unpaired) electrons. The number of hydrogen-bond acceptors (Lipinski definition) is 7. The van der Waals surface area contributed by atoms with E-state index in [1.807, 2.05) is 21.1 Å². The van der Waals surface area contributed by atoms with Crippen LogP contribution in [0.1, 0.15) is 142 Å². The lowest BCUT2D eigenvalue weighted by Crippen LogP contribution is -2.40. The van der Waals surface area contributed by atoms with Gasteiger partial charge in [-0.3, -0.25) is 9.59 Å². The largest absolute Gasteiger partial charge is 0.477 e. The van der Waals surface area contributed by atoms with Crippen molar-refractivity contribution in [1.29, 1.82) is 0 Å². The van der Waals surface area contributed by atoms with Crippen LogP contribution in [0.4, 0.5) is 0 Å². The Labute approximate surface area is 262 Å². The van der Waals surface area contributed by atoms with Gasteiger partial charge in [-0.05, 0) is 12.8 Å². The number of likely N-dealkylation sites (N-methyl/N-ethyl adjacent to an activating group) is 1. The molecule has 254 valence electrons. The molecule has 0 bridgehead atoms. The third-order valence-corrected chi connectivity index (χ3v) is 7.36. The van der Waals surface area contributed by atoms with Crippen molar-refractivity contribution in [1.82, 2.24) is 0 Å². The second kappa shape index (κ2) is 27.8. The topological polar surface area (TPSA) is 108 Å². The summed E-state index contributed by atoms with van der Waals surface area (Å²) in [4.78, 5) is 36.4. The van der Waals surface area contributed by atoms with Crippen LogP contribution in [0.2, 0.25) is 0 Å². The number of carboxylic acid groups (broad SMARTS) is 1. The van der Waals surface area contributed by atoms with E-state index in [2.05, 4.69) is 13.8 Å². The Bertz CT molecular complexity index is 694. The first-order valence-corrected chi connectivity index (χ1v) is 17.2. The molecule has 0 aromatic heterocycles. The molecular formula is C34H66NO8+. The Morgan fingerprint density at radius 1 is 0.605 bits per heavy atom. The molecule has 0 aliphatic carbocycles. The van der Waals surface area contributed by atoms with Gasteiger partial charge in [-0.15, -0.1) is 0 Å². The molecule has 43 heavy (non-hydrogen) atoms. The lowest BCUT2D eigenvalue weighted by Gasteiger charge is -2.25. The molecule has 0 saturated heterocycles. The molecule has 9 heteroatoms. The minimum Gasteiger partial charge on any atom is -0.477 e. The second-order valence-electron chi connectivity index (χ2n) is 12.8. The molecular weight excluding hydrogens is 550 g/mol. The number of carboxylic acids is 1. The Balaban J connectivity index is 4.49. The summed E-state index contributed by atoms with van der Waals surface area (Å²) in [5.74, 6) is -2.02. The van der Waals surface area contributed by atoms with Crippen molar-refractivity contribution in [3.8, 4) is 0 Å². The van der Waals surface area contributed by atoms with E-state index in [9.17, 15) is 19.5 Å². The third-order valence-electron chi connectivity index (χ3n) is 7.36. The van der Waals surface area contributed by atoms with Gasteiger partial charge in [-0.2, -0.15) is 0 Å². The average Bonchev–Trinajstić information content (AvgIpc) is 2.94. The Morgan fingerprint density at radius 3 is 1.49 bits per heavy atom. The van der Waals surface area contributed by atoms with Gasteiger partial charge in [-0.25, -0.2) is 4.79 Å². The molecule has 0 heterocycles. The van der Waals surface area contributed by atoms with Crippen molar-refractivity contribution < 1.29 is 42.9 Å². The van der Waals surface area contributed by atoms with E-state index in [0.717, 1.165) is 51.4 Å². The number of unbranched alkanes of at least 4 members (excludes halogenated alkanes) is 16. The zero-order chi connectivity index (χ0) is 32.2. The van der Waals surface area contributed by atoms with E-state index in [4.69, 9.17) is 18.9 Å². The number of carbonyl (C=O) groups is 3. The minimum atomic E-state index is -1.50. The highest BCUT2D eigenvalue weighted by Crippen LogP contribution is 2.14. The summed E-state index contributed by atoms with van der Waals surface area (Å²) in [6.45, 7) is 4.76. The second-order valence-corrected chi connectivity index (χ2v) is 12.8. The molecule has 2 atom stereocenters. The van der Waals surface area contributed by atoms with Crippen molar-refractivity contribution in [2.24, 2.45) is 0 Å². The quantitative estimate of drug-likeness (QED) is 0.0371. The van der Waals surface area contributed by atoms with E-state index in [-0.39, 0.29) is 32.2 Å². The van der Waals surface area contributed by atoms with E-state index in [0.29, 0.717) is 17.4 Å². The van der Waals surface area contributed by atoms with Gasteiger partial charge in [0.25, 0.3) is 6.29 Å². The fourth-order valence-corrected chi connectivity index (χ4v) is 4.60. The molecule has 9 nitrogen and oxygen atoms in total. The van der Waals surface area contributed by atoms with Crippen LogP contribution in [0.3, 0.4) is 0 Å². The van der Waals surface area contributed by atoms with Gasteiger partial charge < -0.3 is 28.5 Å². The van der Waals surface area contributed by atoms with Crippen molar-refractivity contribution in [2.75, 3.05) is 47.5 Å². The third kappa shape index (κ3) is 28.8. The maximum Gasteiger partial charge on any atom is 0.361 e. The van der Waals surface area contributed by atoms with Gasteiger partial charge in [0, 0.05) is 12.8 Å². The Kier molecular flexibility index (Phi) is 26.7. The summed E-state index contributed by atoms with van der Waals surface area (Å²) in [5, 5.41) is 9.51. The van der Waals surface area contributed by atoms with Gasteiger partial charge >= 0.3 is 17.9 Å². The number of esters is 2. The Hall–Kier alpha value is -1.71. The van der Waals surface area contributed by atoms with Crippen LogP contribution in [0.5, 0.6) is 0 Å². The van der Waals surface area contributed by atoms with Gasteiger partial charge in [-0.1, -0.05) is 117 Å². The summed E-state index contributed by atoms with van der Waals surface area (Å²) in [6, 6.07) is 0. The van der Waals surface area contributed by atoms with Gasteiger partial charge in [0.15, 0.2) is 6.10 Å². The van der Waals surface area contributed by atoms with Gasteiger partial charge in [0.2, 0.25) is 0 Å². The standard InChI is InChI=1S/C34H65NO8/c1-6-8-10-12-13-14-15-16-17-18-19-21-23-25-32(37)43-30(28-41-31(36)24-22-20-11-9-7-2)29-42-34(33(38)39)40-27-26-35(3,4)5/h30,34H,6-29H2,1-5H3/p+1. The summed E-state index contributed by atoms with van der Waals surface area (Å²) in [6.07, 6.45) is 19.1. The summed E-state index contributed by atoms with van der Waals surface area (Å²) in [5.41, 5.74) is 0. The SMILES string of the molecule is CCCCCCCCCCCCCCCC(=O)OC(COC(=O)CCCCCCC)COC(OCC[N+](C)(C)C)C(=O)O. The normalized spacial score (nSPS) is 13.0. The fourth-order valence-electron chi connectivity index (χ4n) is 4.60. The summed E-state index contributed by atoms with van der Waals surface area (Å²) >= 11 is 0. The average molecular weight is 617 g/mol.